The maximum Gasteiger partial charge on any atom is 0.390 e. The van der Waals surface area contributed by atoms with Crippen LogP contribution in [0.3, 0.4) is 0 Å². The predicted molar refractivity (Wildman–Crippen MR) is 98.7 cm³/mol. The van der Waals surface area contributed by atoms with Gasteiger partial charge in [-0.3, -0.25) is 9.67 Å². The van der Waals surface area contributed by atoms with E-state index in [-0.39, 0.29) is 18.9 Å². The highest BCUT2D eigenvalue weighted by Gasteiger charge is 2.27. The molecule has 0 saturated carbocycles. The number of phenolic OH excluding ortho intramolecular Hbond substituents is 1. The molecule has 0 saturated heterocycles. The molecule has 0 fully saturated rings. The minimum absolute atomic E-state index is 0.0455. The average Bonchev–Trinajstić information content (AvgIpc) is 3.13. The minimum Gasteiger partial charge on any atom is -0.507 e. The molecule has 8 heteroatoms. The Morgan fingerprint density at radius 3 is 2.71 bits per heavy atom. The third kappa shape index (κ3) is 4.51. The van der Waals surface area contributed by atoms with Crippen molar-refractivity contribution in [2.45, 2.75) is 25.7 Å². The van der Waals surface area contributed by atoms with Gasteiger partial charge in [0.05, 0.1) is 29.9 Å². The Labute approximate surface area is 159 Å². The predicted octanol–water partition coefficient (Wildman–Crippen LogP) is 4.83. The highest BCUT2D eigenvalue weighted by Crippen LogP contribution is 2.30. The van der Waals surface area contributed by atoms with Crippen LogP contribution in [0.2, 0.25) is 0 Å². The number of rotatable bonds is 7. The van der Waals surface area contributed by atoms with Gasteiger partial charge in [-0.1, -0.05) is 24.8 Å². The van der Waals surface area contributed by atoms with Crippen molar-refractivity contribution in [1.29, 1.82) is 0 Å². The molecule has 2 aromatic heterocycles. The van der Waals surface area contributed by atoms with Crippen LogP contribution in [0.25, 0.3) is 17.5 Å². The van der Waals surface area contributed by atoms with E-state index < -0.39 is 12.6 Å². The Balaban J connectivity index is 1.85. The van der Waals surface area contributed by atoms with Crippen molar-refractivity contribution in [1.82, 2.24) is 14.8 Å². The van der Waals surface area contributed by atoms with Crippen LogP contribution in [0.5, 0.6) is 11.5 Å². The zero-order valence-corrected chi connectivity index (χ0v) is 14.9. The topological polar surface area (TPSA) is 60.2 Å². The van der Waals surface area contributed by atoms with Crippen molar-refractivity contribution < 1.29 is 23.0 Å². The van der Waals surface area contributed by atoms with Crippen molar-refractivity contribution in [3.8, 4) is 22.9 Å². The number of nitrogens with zero attached hydrogens (tertiary/aromatic N) is 3. The number of phenols is 1. The molecule has 3 aromatic rings. The van der Waals surface area contributed by atoms with Crippen LogP contribution >= 0.6 is 0 Å². The Morgan fingerprint density at radius 1 is 1.14 bits per heavy atom. The van der Waals surface area contributed by atoms with Crippen molar-refractivity contribution in [3.05, 3.63) is 66.5 Å². The fourth-order valence-electron chi connectivity index (χ4n) is 2.75. The summed E-state index contributed by atoms with van der Waals surface area (Å²) in [6.07, 6.45) is -0.761. The molecule has 0 atom stereocenters. The van der Waals surface area contributed by atoms with Crippen LogP contribution in [-0.4, -0.2) is 26.0 Å². The van der Waals surface area contributed by atoms with Gasteiger partial charge in [-0.25, -0.2) is 0 Å². The third-order valence-corrected chi connectivity index (χ3v) is 4.09. The normalized spacial score (nSPS) is 11.4. The van der Waals surface area contributed by atoms with Crippen molar-refractivity contribution in [3.63, 3.8) is 0 Å². The maximum absolute atomic E-state index is 12.6. The molecule has 0 bridgehead atoms. The first-order valence-electron chi connectivity index (χ1n) is 8.49. The van der Waals surface area contributed by atoms with Crippen molar-refractivity contribution in [2.75, 3.05) is 0 Å². The molecule has 0 radical (unpaired) electrons. The van der Waals surface area contributed by atoms with Crippen molar-refractivity contribution >= 4 is 6.08 Å². The minimum atomic E-state index is -4.27. The largest absolute Gasteiger partial charge is 0.507 e. The molecule has 28 heavy (non-hydrogen) atoms. The molecule has 5 nitrogen and oxygen atoms in total. The van der Waals surface area contributed by atoms with Gasteiger partial charge in [0.25, 0.3) is 0 Å². The lowest BCUT2D eigenvalue weighted by Gasteiger charge is -2.14. The third-order valence-electron chi connectivity index (χ3n) is 4.09. The van der Waals surface area contributed by atoms with Crippen LogP contribution in [0.4, 0.5) is 13.2 Å². The van der Waals surface area contributed by atoms with Gasteiger partial charge >= 0.3 is 6.18 Å². The molecular weight excluding hydrogens is 371 g/mol. The number of pyridine rings is 1. The summed E-state index contributed by atoms with van der Waals surface area (Å²) in [5.74, 6) is 0.486. The number of alkyl halides is 3. The van der Waals surface area contributed by atoms with E-state index in [1.54, 1.807) is 36.5 Å². The molecule has 1 N–H and O–H groups in total. The van der Waals surface area contributed by atoms with Crippen molar-refractivity contribution in [2.24, 2.45) is 0 Å². The van der Waals surface area contributed by atoms with Crippen LogP contribution in [0.15, 0.2) is 55.4 Å². The molecule has 2 heterocycles. The van der Waals surface area contributed by atoms with Gasteiger partial charge in [-0.05, 0) is 24.3 Å². The van der Waals surface area contributed by atoms with Crippen LogP contribution in [0, 0.1) is 0 Å². The number of benzene rings is 1. The zero-order valence-electron chi connectivity index (χ0n) is 14.9. The first-order valence-corrected chi connectivity index (χ1v) is 8.49. The number of ether oxygens (including phenoxy) is 1. The molecule has 146 valence electrons. The van der Waals surface area contributed by atoms with Gasteiger partial charge in [0.2, 0.25) is 0 Å². The Hall–Kier alpha value is -3.29. The second kappa shape index (κ2) is 8.16. The lowest BCUT2D eigenvalue weighted by molar-refractivity contribution is -0.137. The summed E-state index contributed by atoms with van der Waals surface area (Å²) in [4.78, 5) is 4.31. The fourth-order valence-corrected chi connectivity index (χ4v) is 2.75. The van der Waals surface area contributed by atoms with E-state index in [2.05, 4.69) is 16.7 Å². The van der Waals surface area contributed by atoms with E-state index in [0.29, 0.717) is 28.3 Å². The summed E-state index contributed by atoms with van der Waals surface area (Å²) in [6, 6.07) is 9.98. The second-order valence-electron chi connectivity index (χ2n) is 6.00. The summed E-state index contributed by atoms with van der Waals surface area (Å²) in [5.41, 5.74) is 2.10. The number of aromatic hydroxyl groups is 1. The van der Waals surface area contributed by atoms with Gasteiger partial charge in [-0.15, -0.1) is 0 Å². The second-order valence-corrected chi connectivity index (χ2v) is 6.00. The molecular formula is C20H18F3N3O2. The molecule has 3 rings (SSSR count). The van der Waals surface area contributed by atoms with E-state index in [4.69, 9.17) is 4.74 Å². The highest BCUT2D eigenvalue weighted by atomic mass is 19.4. The van der Waals surface area contributed by atoms with E-state index in [1.165, 1.54) is 23.0 Å². The first-order chi connectivity index (χ1) is 13.4. The number of hydrogen-bond donors (Lipinski definition) is 1. The molecule has 0 aliphatic heterocycles. The lowest BCUT2D eigenvalue weighted by atomic mass is 10.1. The molecule has 1 aromatic carbocycles. The lowest BCUT2D eigenvalue weighted by Crippen LogP contribution is -2.14. The first kappa shape index (κ1) is 19.5. The van der Waals surface area contributed by atoms with E-state index in [0.717, 1.165) is 0 Å². The standard InChI is InChI=1S/C20H18F3N3O2/c1-2-15-17(27)6-3-7-18(15)28-13-14-5-4-10-24-19(14)16-8-11-25-26(16)12-9-20(21,22)23/h2-8,10-11,27H,1,9,12-13H2. The van der Waals surface area contributed by atoms with Gasteiger partial charge in [0.1, 0.15) is 18.1 Å². The highest BCUT2D eigenvalue weighted by molar-refractivity contribution is 5.63. The summed E-state index contributed by atoms with van der Waals surface area (Å²) in [6.45, 7) is 3.47. The van der Waals surface area contributed by atoms with Crippen LogP contribution in [0.1, 0.15) is 17.5 Å². The van der Waals surface area contributed by atoms with E-state index in [9.17, 15) is 18.3 Å². The van der Waals surface area contributed by atoms with Gasteiger partial charge in [0, 0.05) is 18.0 Å². The molecule has 0 aliphatic carbocycles. The summed E-state index contributed by atoms with van der Waals surface area (Å²) in [7, 11) is 0. The van der Waals surface area contributed by atoms with Crippen LogP contribution < -0.4 is 4.74 Å². The Kier molecular flexibility index (Phi) is 5.67. The smallest absolute Gasteiger partial charge is 0.390 e. The molecule has 0 unspecified atom stereocenters. The summed E-state index contributed by atoms with van der Waals surface area (Å²) in [5, 5.41) is 13.9. The Bertz CT molecular complexity index is 967. The number of aryl methyl sites for hydroxylation is 1. The van der Waals surface area contributed by atoms with Gasteiger partial charge in [0.15, 0.2) is 0 Å². The molecule has 0 spiro atoms. The SMILES string of the molecule is C=Cc1c(O)cccc1OCc1cccnc1-c1ccnn1CCC(F)(F)F. The van der Waals surface area contributed by atoms with E-state index >= 15 is 0 Å². The van der Waals surface area contributed by atoms with Gasteiger partial charge in [-0.2, -0.15) is 18.3 Å². The maximum atomic E-state index is 12.6. The molecule has 0 amide bonds. The number of halogens is 3. The van der Waals surface area contributed by atoms with E-state index in [1.807, 2.05) is 0 Å². The van der Waals surface area contributed by atoms with Gasteiger partial charge < -0.3 is 9.84 Å². The average molecular weight is 389 g/mol. The number of hydrogen-bond acceptors (Lipinski definition) is 4. The quantitative estimate of drug-likeness (QED) is 0.629. The zero-order chi connectivity index (χ0) is 20.1. The van der Waals surface area contributed by atoms with Crippen LogP contribution in [-0.2, 0) is 13.2 Å². The number of aromatic nitrogens is 3. The fraction of sp³-hybridized carbons (Fsp3) is 0.200. The summed E-state index contributed by atoms with van der Waals surface area (Å²) < 4.78 is 44.8. The summed E-state index contributed by atoms with van der Waals surface area (Å²) >= 11 is 0. The molecule has 0 aliphatic rings. The monoisotopic (exact) mass is 389 g/mol. The Morgan fingerprint density at radius 2 is 1.96 bits per heavy atom.